The Labute approximate surface area is 119 Å². The predicted octanol–water partition coefficient (Wildman–Crippen LogP) is 3.24. The lowest BCUT2D eigenvalue weighted by Crippen LogP contribution is -2.05. The fourth-order valence-electron chi connectivity index (χ4n) is 1.85. The highest BCUT2D eigenvalue weighted by Gasteiger charge is 2.08. The molecule has 0 saturated carbocycles. The van der Waals surface area contributed by atoms with E-state index in [2.05, 4.69) is 15.3 Å². The van der Waals surface area contributed by atoms with Gasteiger partial charge in [-0.25, -0.2) is 9.97 Å². The van der Waals surface area contributed by atoms with Crippen LogP contribution in [0, 0.1) is 6.92 Å². The summed E-state index contributed by atoms with van der Waals surface area (Å²) in [7, 11) is 1.65. The summed E-state index contributed by atoms with van der Waals surface area (Å²) in [5.41, 5.74) is 7.87. The van der Waals surface area contributed by atoms with Gasteiger partial charge in [0.05, 0.1) is 7.11 Å². The number of rotatable bonds is 4. The summed E-state index contributed by atoms with van der Waals surface area (Å²) in [6.45, 7) is 6.09. The first-order valence-corrected chi connectivity index (χ1v) is 6.55. The monoisotopic (exact) mass is 272 g/mol. The minimum Gasteiger partial charge on any atom is -0.497 e. The molecule has 5 nitrogen and oxygen atoms in total. The van der Waals surface area contributed by atoms with E-state index in [1.54, 1.807) is 13.2 Å². The van der Waals surface area contributed by atoms with Crippen LogP contribution in [-0.2, 0) is 0 Å². The minimum atomic E-state index is 0.232. The van der Waals surface area contributed by atoms with E-state index in [0.717, 1.165) is 22.8 Å². The zero-order valence-corrected chi connectivity index (χ0v) is 12.3. The van der Waals surface area contributed by atoms with Gasteiger partial charge in [-0.2, -0.15) is 0 Å². The van der Waals surface area contributed by atoms with Crippen LogP contribution < -0.4 is 15.8 Å². The molecule has 106 valence electrons. The second-order valence-corrected chi connectivity index (χ2v) is 5.00. The molecule has 0 aliphatic rings. The van der Waals surface area contributed by atoms with Crippen LogP contribution in [0.3, 0.4) is 0 Å². The molecular formula is C15H20N4O. The summed E-state index contributed by atoms with van der Waals surface area (Å²) in [5.74, 6) is 2.97. The molecule has 0 aliphatic heterocycles. The number of benzene rings is 1. The van der Waals surface area contributed by atoms with E-state index in [1.165, 1.54) is 0 Å². The molecule has 1 aromatic heterocycles. The van der Waals surface area contributed by atoms with Crippen molar-refractivity contribution in [3.05, 3.63) is 35.7 Å². The minimum absolute atomic E-state index is 0.232. The zero-order valence-electron chi connectivity index (χ0n) is 12.3. The number of nitrogens with zero attached hydrogens (tertiary/aromatic N) is 2. The van der Waals surface area contributed by atoms with Gasteiger partial charge in [0, 0.05) is 17.7 Å². The van der Waals surface area contributed by atoms with E-state index < -0.39 is 0 Å². The lowest BCUT2D eigenvalue weighted by atomic mass is 10.2. The van der Waals surface area contributed by atoms with E-state index in [4.69, 9.17) is 10.5 Å². The molecule has 0 bridgehead atoms. The van der Waals surface area contributed by atoms with Crippen molar-refractivity contribution in [3.8, 4) is 5.75 Å². The number of nitrogens with one attached hydrogen (secondary N) is 1. The SMILES string of the molecule is COc1ccc(Nc2cc(N)nc(C(C)C)n2)c(C)c1. The molecule has 0 atom stereocenters. The predicted molar refractivity (Wildman–Crippen MR) is 81.5 cm³/mol. The van der Waals surface area contributed by atoms with Crippen LogP contribution in [0.4, 0.5) is 17.3 Å². The van der Waals surface area contributed by atoms with Gasteiger partial charge < -0.3 is 15.8 Å². The summed E-state index contributed by atoms with van der Waals surface area (Å²) < 4.78 is 5.20. The van der Waals surface area contributed by atoms with Gasteiger partial charge in [-0.3, -0.25) is 0 Å². The molecule has 2 aromatic rings. The third-order valence-corrected chi connectivity index (χ3v) is 2.98. The number of hydrogen-bond acceptors (Lipinski definition) is 5. The van der Waals surface area contributed by atoms with Crippen molar-refractivity contribution in [1.29, 1.82) is 0 Å². The number of anilines is 3. The number of hydrogen-bond donors (Lipinski definition) is 2. The van der Waals surface area contributed by atoms with Crippen LogP contribution in [0.2, 0.25) is 0 Å². The molecule has 0 radical (unpaired) electrons. The second-order valence-electron chi connectivity index (χ2n) is 5.00. The molecule has 2 rings (SSSR count). The lowest BCUT2D eigenvalue weighted by Gasteiger charge is -2.12. The number of nitrogens with two attached hydrogens (primary N) is 1. The number of aryl methyl sites for hydroxylation is 1. The zero-order chi connectivity index (χ0) is 14.7. The third kappa shape index (κ3) is 3.17. The maximum Gasteiger partial charge on any atom is 0.136 e. The number of ether oxygens (including phenoxy) is 1. The standard InChI is InChI=1S/C15H20N4O/c1-9(2)15-18-13(16)8-14(19-15)17-12-6-5-11(20-4)7-10(12)3/h5-9H,1-4H3,(H3,16,17,18,19). The Hall–Kier alpha value is -2.30. The van der Waals surface area contributed by atoms with Gasteiger partial charge in [0.2, 0.25) is 0 Å². The molecule has 0 fully saturated rings. The normalized spacial score (nSPS) is 10.7. The molecule has 20 heavy (non-hydrogen) atoms. The average molecular weight is 272 g/mol. The average Bonchev–Trinajstić information content (AvgIpc) is 2.40. The molecule has 0 amide bonds. The highest BCUT2D eigenvalue weighted by atomic mass is 16.5. The van der Waals surface area contributed by atoms with Gasteiger partial charge in [-0.05, 0) is 30.7 Å². The smallest absolute Gasteiger partial charge is 0.136 e. The summed E-state index contributed by atoms with van der Waals surface area (Å²) in [6, 6.07) is 7.57. The Balaban J connectivity index is 2.30. The molecular weight excluding hydrogens is 252 g/mol. The molecule has 0 saturated heterocycles. The van der Waals surface area contributed by atoms with Crippen molar-refractivity contribution in [2.24, 2.45) is 0 Å². The molecule has 0 unspecified atom stereocenters. The Morgan fingerprint density at radius 3 is 2.55 bits per heavy atom. The van der Waals surface area contributed by atoms with Crippen molar-refractivity contribution >= 4 is 17.3 Å². The van der Waals surface area contributed by atoms with Crippen LogP contribution in [0.25, 0.3) is 0 Å². The third-order valence-electron chi connectivity index (χ3n) is 2.98. The van der Waals surface area contributed by atoms with E-state index in [0.29, 0.717) is 11.6 Å². The first-order valence-electron chi connectivity index (χ1n) is 6.55. The Bertz CT molecular complexity index is 611. The van der Waals surface area contributed by atoms with Gasteiger partial charge >= 0.3 is 0 Å². The van der Waals surface area contributed by atoms with Crippen LogP contribution in [0.1, 0.15) is 31.2 Å². The Morgan fingerprint density at radius 1 is 1.20 bits per heavy atom. The topological polar surface area (TPSA) is 73.1 Å². The van der Waals surface area contributed by atoms with Crippen LogP contribution in [-0.4, -0.2) is 17.1 Å². The summed E-state index contributed by atoms with van der Waals surface area (Å²) in [6.07, 6.45) is 0. The number of aromatic nitrogens is 2. The number of nitrogen functional groups attached to an aromatic ring is 1. The fraction of sp³-hybridized carbons (Fsp3) is 0.333. The maximum atomic E-state index is 5.82. The van der Waals surface area contributed by atoms with Gasteiger partial charge in [-0.1, -0.05) is 13.8 Å². The van der Waals surface area contributed by atoms with Gasteiger partial charge in [0.25, 0.3) is 0 Å². The second kappa shape index (κ2) is 5.77. The van der Waals surface area contributed by atoms with Crippen molar-refractivity contribution in [2.45, 2.75) is 26.7 Å². The first-order chi connectivity index (χ1) is 9.49. The largest absolute Gasteiger partial charge is 0.497 e. The molecule has 1 aromatic carbocycles. The van der Waals surface area contributed by atoms with Gasteiger partial charge in [0.1, 0.15) is 23.2 Å². The Morgan fingerprint density at radius 2 is 1.95 bits per heavy atom. The van der Waals surface area contributed by atoms with Crippen LogP contribution >= 0.6 is 0 Å². The molecule has 3 N–H and O–H groups in total. The molecule has 0 aliphatic carbocycles. The fourth-order valence-corrected chi connectivity index (χ4v) is 1.85. The first kappa shape index (κ1) is 14.1. The summed E-state index contributed by atoms with van der Waals surface area (Å²) >= 11 is 0. The van der Waals surface area contributed by atoms with Crippen molar-refractivity contribution < 1.29 is 4.74 Å². The van der Waals surface area contributed by atoms with Crippen molar-refractivity contribution in [3.63, 3.8) is 0 Å². The Kier molecular flexibility index (Phi) is 4.08. The van der Waals surface area contributed by atoms with Crippen molar-refractivity contribution in [2.75, 3.05) is 18.2 Å². The van der Waals surface area contributed by atoms with E-state index in [-0.39, 0.29) is 5.92 Å². The molecule has 5 heteroatoms. The van der Waals surface area contributed by atoms with Crippen LogP contribution in [0.15, 0.2) is 24.3 Å². The van der Waals surface area contributed by atoms with Gasteiger partial charge in [-0.15, -0.1) is 0 Å². The van der Waals surface area contributed by atoms with E-state index >= 15 is 0 Å². The highest BCUT2D eigenvalue weighted by molar-refractivity contribution is 5.63. The van der Waals surface area contributed by atoms with Crippen molar-refractivity contribution in [1.82, 2.24) is 9.97 Å². The highest BCUT2D eigenvalue weighted by Crippen LogP contribution is 2.25. The van der Waals surface area contributed by atoms with Gasteiger partial charge in [0.15, 0.2) is 0 Å². The quantitative estimate of drug-likeness (QED) is 0.893. The summed E-state index contributed by atoms with van der Waals surface area (Å²) in [4.78, 5) is 8.71. The molecule has 1 heterocycles. The number of methoxy groups -OCH3 is 1. The lowest BCUT2D eigenvalue weighted by molar-refractivity contribution is 0.414. The maximum absolute atomic E-state index is 5.82. The molecule has 0 spiro atoms. The summed E-state index contributed by atoms with van der Waals surface area (Å²) in [5, 5.41) is 3.27. The van der Waals surface area contributed by atoms with Crippen LogP contribution in [0.5, 0.6) is 5.75 Å². The van der Waals surface area contributed by atoms with E-state index in [1.807, 2.05) is 39.0 Å². The van der Waals surface area contributed by atoms with E-state index in [9.17, 15) is 0 Å².